The van der Waals surface area contributed by atoms with Gasteiger partial charge in [0.15, 0.2) is 0 Å². The lowest BCUT2D eigenvalue weighted by atomic mass is 10.3. The molecular formula is C11H16N2O5S. The van der Waals surface area contributed by atoms with Gasteiger partial charge in [-0.05, 0) is 6.92 Å². The average Bonchev–Trinajstić information content (AvgIpc) is 2.65. The molecule has 1 heterocycles. The number of imide groups is 1. The van der Waals surface area contributed by atoms with Crippen molar-refractivity contribution in [1.29, 1.82) is 0 Å². The Morgan fingerprint density at radius 2 is 1.84 bits per heavy atom. The van der Waals surface area contributed by atoms with E-state index in [1.165, 1.54) is 24.0 Å². The van der Waals surface area contributed by atoms with E-state index < -0.39 is 12.0 Å². The molecule has 106 valence electrons. The van der Waals surface area contributed by atoms with Crippen LogP contribution in [0.25, 0.3) is 0 Å². The Morgan fingerprint density at radius 1 is 1.37 bits per heavy atom. The monoisotopic (exact) mass is 288 g/mol. The Bertz CT molecular complexity index is 390. The summed E-state index contributed by atoms with van der Waals surface area (Å²) in [6.07, 6.45) is 2.57. The number of carboxylic acid groups (broad SMARTS) is 1. The smallest absolute Gasteiger partial charge is 0.327 e. The first-order valence-corrected chi connectivity index (χ1v) is 6.11. The molecule has 0 saturated heterocycles. The second-order valence-corrected chi connectivity index (χ2v) is 3.89. The minimum Gasteiger partial charge on any atom is -0.480 e. The summed E-state index contributed by atoms with van der Waals surface area (Å²) in [6, 6.07) is -0.874. The molecule has 0 radical (unpaired) electrons. The molecule has 0 saturated carbocycles. The zero-order valence-electron chi connectivity index (χ0n) is 10.6. The minimum atomic E-state index is -1.06. The molecule has 0 bridgehead atoms. The summed E-state index contributed by atoms with van der Waals surface area (Å²) in [4.78, 5) is 43.0. The van der Waals surface area contributed by atoms with E-state index in [9.17, 15) is 19.2 Å². The predicted octanol–water partition coefficient (Wildman–Crippen LogP) is -0.563. The van der Waals surface area contributed by atoms with Gasteiger partial charge in [-0.1, -0.05) is 0 Å². The molecule has 0 aromatic heterocycles. The predicted molar refractivity (Wildman–Crippen MR) is 70.6 cm³/mol. The topological polar surface area (TPSA) is 104 Å². The summed E-state index contributed by atoms with van der Waals surface area (Å²) in [6.45, 7) is 3.49. The Labute approximate surface area is 116 Å². The van der Waals surface area contributed by atoms with Crippen LogP contribution in [0.2, 0.25) is 0 Å². The first-order valence-electron chi connectivity index (χ1n) is 5.47. The summed E-state index contributed by atoms with van der Waals surface area (Å²) < 4.78 is 0. The van der Waals surface area contributed by atoms with Gasteiger partial charge in [-0.15, -0.1) is 0 Å². The Balaban J connectivity index is 0.000000342. The van der Waals surface area contributed by atoms with Crippen LogP contribution in [0.5, 0.6) is 0 Å². The Morgan fingerprint density at radius 3 is 2.00 bits per heavy atom. The third-order valence-corrected chi connectivity index (χ3v) is 2.44. The van der Waals surface area contributed by atoms with Crippen molar-refractivity contribution in [2.75, 3.05) is 12.3 Å². The lowest BCUT2D eigenvalue weighted by Crippen LogP contribution is -2.40. The number of likely N-dealkylation sites (N-methyl/N-ethyl adjacent to an activating group) is 1. The molecule has 7 nitrogen and oxygen atoms in total. The van der Waals surface area contributed by atoms with Gasteiger partial charge in [0.1, 0.15) is 6.04 Å². The SMILES string of the molecule is CC(=O)N[C@@H](CS)C(=O)O.CCN1C(=O)C=CC1=O. The molecule has 1 aliphatic heterocycles. The molecule has 1 rings (SSSR count). The zero-order chi connectivity index (χ0) is 15.0. The molecule has 3 amide bonds. The summed E-state index contributed by atoms with van der Waals surface area (Å²) in [5.41, 5.74) is 0. The first-order chi connectivity index (χ1) is 8.83. The second-order valence-electron chi connectivity index (χ2n) is 3.53. The number of nitrogens with one attached hydrogen (secondary N) is 1. The number of carboxylic acids is 1. The summed E-state index contributed by atoms with van der Waals surface area (Å²) in [5, 5.41) is 10.6. The van der Waals surface area contributed by atoms with E-state index in [2.05, 4.69) is 17.9 Å². The molecule has 0 unspecified atom stereocenters. The van der Waals surface area contributed by atoms with Crippen LogP contribution < -0.4 is 5.32 Å². The van der Waals surface area contributed by atoms with E-state index in [1.54, 1.807) is 6.92 Å². The molecule has 19 heavy (non-hydrogen) atoms. The fourth-order valence-corrected chi connectivity index (χ4v) is 1.42. The van der Waals surface area contributed by atoms with Gasteiger partial charge >= 0.3 is 5.97 Å². The van der Waals surface area contributed by atoms with Crippen LogP contribution in [0.3, 0.4) is 0 Å². The van der Waals surface area contributed by atoms with Gasteiger partial charge in [0.05, 0.1) is 0 Å². The minimum absolute atomic E-state index is 0.106. The highest BCUT2D eigenvalue weighted by Crippen LogP contribution is 2.00. The van der Waals surface area contributed by atoms with Gasteiger partial charge in [0.25, 0.3) is 11.8 Å². The van der Waals surface area contributed by atoms with Crippen LogP contribution in [-0.4, -0.2) is 52.0 Å². The van der Waals surface area contributed by atoms with E-state index in [0.29, 0.717) is 6.54 Å². The number of nitrogens with zero attached hydrogens (tertiary/aromatic N) is 1. The number of aliphatic carboxylic acids is 1. The van der Waals surface area contributed by atoms with Crippen LogP contribution in [0.4, 0.5) is 0 Å². The molecule has 0 aromatic carbocycles. The molecule has 0 aromatic rings. The maximum absolute atomic E-state index is 10.6. The van der Waals surface area contributed by atoms with Crippen molar-refractivity contribution < 1.29 is 24.3 Å². The third-order valence-electron chi connectivity index (χ3n) is 2.07. The maximum atomic E-state index is 10.6. The second kappa shape index (κ2) is 8.30. The number of rotatable bonds is 4. The fourth-order valence-electron chi connectivity index (χ4n) is 1.17. The first kappa shape index (κ1) is 17.2. The number of carbonyl (C=O) groups is 4. The highest BCUT2D eigenvalue weighted by atomic mass is 32.1. The van der Waals surface area contributed by atoms with Crippen LogP contribution in [0.15, 0.2) is 12.2 Å². The quantitative estimate of drug-likeness (QED) is 0.475. The number of hydrogen-bond donors (Lipinski definition) is 3. The van der Waals surface area contributed by atoms with Gasteiger partial charge in [0.2, 0.25) is 5.91 Å². The molecule has 0 aliphatic carbocycles. The van der Waals surface area contributed by atoms with Gasteiger partial charge < -0.3 is 10.4 Å². The zero-order valence-corrected chi connectivity index (χ0v) is 11.5. The molecule has 2 N–H and O–H groups in total. The number of thiol groups is 1. The van der Waals surface area contributed by atoms with Crippen molar-refractivity contribution >= 4 is 36.3 Å². The number of amides is 3. The van der Waals surface area contributed by atoms with Crippen molar-refractivity contribution in [2.24, 2.45) is 0 Å². The molecule has 0 fully saturated rings. The lowest BCUT2D eigenvalue weighted by Gasteiger charge is -2.08. The summed E-state index contributed by atoms with van der Waals surface area (Å²) in [7, 11) is 0. The lowest BCUT2D eigenvalue weighted by molar-refractivity contribution is -0.140. The van der Waals surface area contributed by atoms with Crippen LogP contribution in [-0.2, 0) is 19.2 Å². The van der Waals surface area contributed by atoms with Crippen molar-refractivity contribution in [3.05, 3.63) is 12.2 Å². The highest BCUT2D eigenvalue weighted by Gasteiger charge is 2.20. The van der Waals surface area contributed by atoms with Crippen LogP contribution in [0.1, 0.15) is 13.8 Å². The van der Waals surface area contributed by atoms with Gasteiger partial charge in [0, 0.05) is 31.4 Å². The highest BCUT2D eigenvalue weighted by molar-refractivity contribution is 7.80. The molecule has 1 atom stereocenters. The Hall–Kier alpha value is -1.83. The van der Waals surface area contributed by atoms with E-state index in [1.807, 2.05) is 0 Å². The van der Waals surface area contributed by atoms with Gasteiger partial charge in [-0.25, -0.2) is 4.79 Å². The third kappa shape index (κ3) is 6.05. The molecule has 8 heteroatoms. The fraction of sp³-hybridized carbons (Fsp3) is 0.455. The van der Waals surface area contributed by atoms with Crippen molar-refractivity contribution in [1.82, 2.24) is 10.2 Å². The van der Waals surface area contributed by atoms with E-state index in [0.717, 1.165) is 0 Å². The van der Waals surface area contributed by atoms with E-state index >= 15 is 0 Å². The molecule has 1 aliphatic rings. The number of hydrogen-bond acceptors (Lipinski definition) is 5. The molecular weight excluding hydrogens is 272 g/mol. The largest absolute Gasteiger partial charge is 0.480 e. The van der Waals surface area contributed by atoms with Crippen molar-refractivity contribution in [2.45, 2.75) is 19.9 Å². The van der Waals surface area contributed by atoms with E-state index in [4.69, 9.17) is 5.11 Å². The van der Waals surface area contributed by atoms with Gasteiger partial charge in [-0.2, -0.15) is 12.6 Å². The van der Waals surface area contributed by atoms with Crippen LogP contribution >= 0.6 is 12.6 Å². The molecule has 0 spiro atoms. The van der Waals surface area contributed by atoms with Crippen molar-refractivity contribution in [3.8, 4) is 0 Å². The summed E-state index contributed by atoms with van der Waals surface area (Å²) >= 11 is 3.73. The van der Waals surface area contributed by atoms with Crippen molar-refractivity contribution in [3.63, 3.8) is 0 Å². The standard InChI is InChI=1S/C6H7NO2.C5H9NO3S/c1-2-7-5(8)3-4-6(7)9;1-3(7)6-4(2-10)5(8)9/h3-4H,2H2,1H3;4,10H,2H2,1H3,(H,6,7)(H,8,9)/t;4-/m.0/s1. The normalized spacial score (nSPS) is 14.8. The van der Waals surface area contributed by atoms with Crippen LogP contribution in [0, 0.1) is 0 Å². The number of carbonyl (C=O) groups excluding carboxylic acids is 3. The Kier molecular flexibility index (Phi) is 7.50. The van der Waals surface area contributed by atoms with Gasteiger partial charge in [-0.3, -0.25) is 19.3 Å². The maximum Gasteiger partial charge on any atom is 0.327 e. The van der Waals surface area contributed by atoms with E-state index in [-0.39, 0.29) is 23.5 Å². The average molecular weight is 288 g/mol. The summed E-state index contributed by atoms with van der Waals surface area (Å²) in [5.74, 6) is -1.73.